The van der Waals surface area contributed by atoms with Gasteiger partial charge in [0.2, 0.25) is 0 Å². The Balaban J connectivity index is 0.00000353. The van der Waals surface area contributed by atoms with Crippen LogP contribution in [-0.2, 0) is 16.0 Å². The molecule has 0 bridgehead atoms. The summed E-state index contributed by atoms with van der Waals surface area (Å²) in [5.41, 5.74) is 2.36. The molecule has 0 saturated heterocycles. The fourth-order valence-corrected chi connectivity index (χ4v) is 4.69. The predicted molar refractivity (Wildman–Crippen MR) is 137 cm³/mol. The van der Waals surface area contributed by atoms with Crippen LogP contribution in [0.25, 0.3) is 16.6 Å². The number of carbonyl (C=O) groups excluding carboxylic acids is 3. The number of benzene rings is 3. The monoisotopic (exact) mass is 552 g/mol. The second-order valence-electron chi connectivity index (χ2n) is 8.39. The number of carbonyl (C=O) groups is 3. The molecule has 0 N–H and O–H groups in total. The molecule has 1 aliphatic heterocycles. The number of aliphatic carboxylic acids is 1. The molecule has 11 heteroatoms. The van der Waals surface area contributed by atoms with Crippen LogP contribution in [-0.4, -0.2) is 46.3 Å². The first-order valence-corrected chi connectivity index (χ1v) is 12.5. The molecule has 0 fully saturated rings. The third-order valence-corrected chi connectivity index (χ3v) is 6.53. The number of carboxylic acids is 1. The first-order chi connectivity index (χ1) is 18.4. The molecule has 0 unspecified atom stereocenters. The number of fused-ring (bicyclic) bond motifs is 2. The molecular weight excluding hydrogens is 531 g/mol. The molecule has 0 atom stereocenters. The van der Waals surface area contributed by atoms with Crippen LogP contribution in [0.15, 0.2) is 66.2 Å². The van der Waals surface area contributed by atoms with E-state index in [1.807, 2.05) is 0 Å². The van der Waals surface area contributed by atoms with E-state index >= 15 is 0 Å². The van der Waals surface area contributed by atoms with Gasteiger partial charge >= 0.3 is 35.5 Å². The van der Waals surface area contributed by atoms with Crippen molar-refractivity contribution in [2.75, 3.05) is 19.8 Å². The van der Waals surface area contributed by atoms with Crippen LogP contribution in [0.1, 0.15) is 38.8 Å². The standard InChI is InChI=1S/C28H22N2O7S.Na/c1-2-35-28(34)17-5-3-16(4-6-17)13-20(26(31)19-8-10-23-24(15-19)37-12-11-36-23)25(27(32)33)18-7-9-21-22(14-18)30-38-29-21;/h3-10,14-15H,2,11-13H2,1H3,(H,32,33);/q;+1/p-1. The number of Topliss-reactive ketones (excluding diaryl/α,β-unsaturated/α-hetero) is 1. The van der Waals surface area contributed by atoms with E-state index in [2.05, 4.69) is 8.75 Å². The average Bonchev–Trinajstić information content (AvgIpc) is 3.40. The molecule has 2 heterocycles. The number of ketones is 1. The second kappa shape index (κ2) is 12.5. The number of nitrogens with zero attached hydrogens (tertiary/aromatic N) is 2. The maximum Gasteiger partial charge on any atom is 1.00 e. The SMILES string of the molecule is CCOC(=O)c1ccc(CC(C(=O)c2ccc3c(c2)OCCO3)=C(C(=O)[O-])c2ccc3nsnc3c2)cc1.[Na+]. The predicted octanol–water partition coefficient (Wildman–Crippen LogP) is 0.272. The van der Waals surface area contributed by atoms with Crippen molar-refractivity contribution in [2.24, 2.45) is 0 Å². The average molecular weight is 553 g/mol. The molecule has 1 aromatic heterocycles. The van der Waals surface area contributed by atoms with Crippen molar-refractivity contribution < 1.29 is 63.3 Å². The van der Waals surface area contributed by atoms with E-state index in [0.29, 0.717) is 46.9 Å². The van der Waals surface area contributed by atoms with Crippen LogP contribution in [0.4, 0.5) is 0 Å². The van der Waals surface area contributed by atoms with Gasteiger partial charge in [0.1, 0.15) is 24.2 Å². The molecule has 0 spiro atoms. The van der Waals surface area contributed by atoms with E-state index in [9.17, 15) is 19.5 Å². The van der Waals surface area contributed by atoms with Gasteiger partial charge in [0.25, 0.3) is 0 Å². The van der Waals surface area contributed by atoms with Crippen molar-refractivity contribution in [2.45, 2.75) is 13.3 Å². The molecular formula is C28H21N2NaO7S. The zero-order valence-electron chi connectivity index (χ0n) is 21.3. The number of aromatic nitrogens is 2. The molecule has 3 aromatic carbocycles. The van der Waals surface area contributed by atoms with Crippen LogP contribution in [0.5, 0.6) is 11.5 Å². The summed E-state index contributed by atoms with van der Waals surface area (Å²) in [7, 11) is 0. The van der Waals surface area contributed by atoms with E-state index in [0.717, 1.165) is 11.7 Å². The number of esters is 1. The van der Waals surface area contributed by atoms with Crippen molar-refractivity contribution >= 4 is 46.1 Å². The molecule has 0 radical (unpaired) electrons. The number of carboxylic acid groups (broad SMARTS) is 1. The molecule has 0 saturated carbocycles. The molecule has 0 aliphatic carbocycles. The quantitative estimate of drug-likeness (QED) is 0.131. The smallest absolute Gasteiger partial charge is 0.545 e. The molecule has 9 nitrogen and oxygen atoms in total. The van der Waals surface area contributed by atoms with Crippen molar-refractivity contribution in [3.05, 3.63) is 88.5 Å². The summed E-state index contributed by atoms with van der Waals surface area (Å²) in [6.07, 6.45) is -0.0347. The van der Waals surface area contributed by atoms with Gasteiger partial charge in [-0.15, -0.1) is 0 Å². The first kappa shape index (κ1) is 28.4. The fraction of sp³-hybridized carbons (Fsp3) is 0.179. The van der Waals surface area contributed by atoms with Crippen LogP contribution < -0.4 is 44.1 Å². The van der Waals surface area contributed by atoms with Gasteiger partial charge in [0, 0.05) is 23.1 Å². The minimum atomic E-state index is -1.50. The number of hydrogen-bond acceptors (Lipinski definition) is 10. The van der Waals surface area contributed by atoms with E-state index in [-0.39, 0.29) is 64.9 Å². The van der Waals surface area contributed by atoms with Gasteiger partial charge in [0.05, 0.1) is 29.9 Å². The Hall–Kier alpha value is -3.57. The number of ether oxygens (including phenoxy) is 3. The topological polar surface area (TPSA) is 128 Å². The van der Waals surface area contributed by atoms with Crippen molar-refractivity contribution in [1.29, 1.82) is 0 Å². The summed E-state index contributed by atoms with van der Waals surface area (Å²) in [4.78, 5) is 38.5. The van der Waals surface area contributed by atoms with E-state index in [1.165, 1.54) is 0 Å². The van der Waals surface area contributed by atoms with Crippen LogP contribution in [0.3, 0.4) is 0 Å². The van der Waals surface area contributed by atoms with E-state index in [4.69, 9.17) is 14.2 Å². The Labute approximate surface area is 250 Å². The van der Waals surface area contributed by atoms with Gasteiger partial charge in [-0.25, -0.2) is 4.79 Å². The third kappa shape index (κ3) is 6.20. The van der Waals surface area contributed by atoms with Crippen molar-refractivity contribution in [1.82, 2.24) is 8.75 Å². The molecule has 5 rings (SSSR count). The summed E-state index contributed by atoms with van der Waals surface area (Å²) in [5, 5.41) is 12.5. The Morgan fingerprint density at radius 1 is 0.872 bits per heavy atom. The van der Waals surface area contributed by atoms with Crippen molar-refractivity contribution in [3.8, 4) is 11.5 Å². The maximum absolute atomic E-state index is 13.9. The number of allylic oxidation sites excluding steroid dienone is 1. The summed E-state index contributed by atoms with van der Waals surface area (Å²) >= 11 is 1.01. The molecule has 1 aliphatic rings. The zero-order chi connectivity index (χ0) is 26.6. The minimum Gasteiger partial charge on any atom is -0.545 e. The summed E-state index contributed by atoms with van der Waals surface area (Å²) in [6.45, 7) is 2.70. The zero-order valence-corrected chi connectivity index (χ0v) is 24.1. The van der Waals surface area contributed by atoms with Crippen molar-refractivity contribution in [3.63, 3.8) is 0 Å². The van der Waals surface area contributed by atoms with E-state index in [1.54, 1.807) is 67.6 Å². The normalized spacial score (nSPS) is 12.7. The fourth-order valence-electron chi connectivity index (χ4n) is 4.17. The molecule has 39 heavy (non-hydrogen) atoms. The van der Waals surface area contributed by atoms with Gasteiger partial charge in [-0.05, 0) is 60.5 Å². The molecule has 0 amide bonds. The summed E-state index contributed by atoms with van der Waals surface area (Å²) in [5.74, 6) is -1.56. The molecule has 192 valence electrons. The first-order valence-electron chi connectivity index (χ1n) is 11.8. The number of hydrogen-bond donors (Lipinski definition) is 0. The van der Waals surface area contributed by atoms with Gasteiger partial charge in [0.15, 0.2) is 17.3 Å². The van der Waals surface area contributed by atoms with Gasteiger partial charge < -0.3 is 24.1 Å². The van der Waals surface area contributed by atoms with Gasteiger partial charge in [-0.3, -0.25) is 4.79 Å². The van der Waals surface area contributed by atoms with E-state index < -0.39 is 17.7 Å². The maximum atomic E-state index is 13.9. The second-order valence-corrected chi connectivity index (χ2v) is 8.92. The van der Waals surface area contributed by atoms with Gasteiger partial charge in [-0.1, -0.05) is 18.2 Å². The molecule has 4 aromatic rings. The Bertz CT molecular complexity index is 1580. The number of rotatable bonds is 8. The van der Waals surface area contributed by atoms with Crippen LogP contribution in [0.2, 0.25) is 0 Å². The summed E-state index contributed by atoms with van der Waals surface area (Å²) in [6, 6.07) is 16.0. The Kier molecular flexibility index (Phi) is 9.13. The Morgan fingerprint density at radius 3 is 2.26 bits per heavy atom. The van der Waals surface area contributed by atoms with Gasteiger partial charge in [-0.2, -0.15) is 8.75 Å². The Morgan fingerprint density at radius 2 is 1.54 bits per heavy atom. The third-order valence-electron chi connectivity index (χ3n) is 5.97. The summed E-state index contributed by atoms with van der Waals surface area (Å²) < 4.78 is 24.5. The van der Waals surface area contributed by atoms with Crippen LogP contribution in [0, 0.1) is 0 Å². The minimum absolute atomic E-state index is 0. The van der Waals surface area contributed by atoms with Crippen LogP contribution >= 0.6 is 11.7 Å². The largest absolute Gasteiger partial charge is 1.00 e.